The van der Waals surface area contributed by atoms with E-state index in [2.05, 4.69) is 0 Å². The van der Waals surface area contributed by atoms with Crippen molar-refractivity contribution in [2.75, 3.05) is 26.2 Å². The fraction of sp³-hybridized carbons (Fsp3) is 0.857. The minimum atomic E-state index is -0.843. The molecule has 1 saturated carbocycles. The fourth-order valence-corrected chi connectivity index (χ4v) is 3.34. The molecule has 1 heterocycles. The van der Waals surface area contributed by atoms with Crippen molar-refractivity contribution >= 4 is 12.0 Å². The molecule has 1 aliphatic carbocycles. The first-order valence-electron chi connectivity index (χ1n) is 7.29. The molecule has 0 aromatic carbocycles. The van der Waals surface area contributed by atoms with Gasteiger partial charge in [-0.25, -0.2) is 4.79 Å². The van der Waals surface area contributed by atoms with E-state index in [0.29, 0.717) is 24.9 Å². The van der Waals surface area contributed by atoms with Crippen LogP contribution in [0.4, 0.5) is 4.79 Å². The summed E-state index contributed by atoms with van der Waals surface area (Å²) in [6.07, 6.45) is 3.78. The maximum Gasteiger partial charge on any atom is 0.320 e. The SMILES string of the molecule is CCN(CC(C)C(=O)O)C(=O)N1CC2CCCC2C1. The Balaban J connectivity index is 1.92. The van der Waals surface area contributed by atoms with Crippen molar-refractivity contribution in [3.63, 3.8) is 0 Å². The van der Waals surface area contributed by atoms with Crippen LogP contribution < -0.4 is 0 Å². The molecule has 2 rings (SSSR count). The molecule has 5 nitrogen and oxygen atoms in total. The number of hydrogen-bond donors (Lipinski definition) is 1. The van der Waals surface area contributed by atoms with Crippen molar-refractivity contribution in [2.24, 2.45) is 17.8 Å². The lowest BCUT2D eigenvalue weighted by Crippen LogP contribution is -2.45. The van der Waals surface area contributed by atoms with Gasteiger partial charge in [0.1, 0.15) is 0 Å². The Morgan fingerprint density at radius 2 is 1.89 bits per heavy atom. The highest BCUT2D eigenvalue weighted by molar-refractivity contribution is 5.76. The summed E-state index contributed by atoms with van der Waals surface area (Å²) >= 11 is 0. The molecule has 0 aromatic rings. The minimum absolute atomic E-state index is 0.0185. The first kappa shape index (κ1) is 14.2. The average Bonchev–Trinajstić information content (AvgIpc) is 2.95. The number of urea groups is 1. The van der Waals surface area contributed by atoms with E-state index in [1.165, 1.54) is 19.3 Å². The van der Waals surface area contributed by atoms with E-state index in [1.54, 1.807) is 11.8 Å². The third-order valence-electron chi connectivity index (χ3n) is 4.56. The van der Waals surface area contributed by atoms with Crippen molar-refractivity contribution in [3.05, 3.63) is 0 Å². The summed E-state index contributed by atoms with van der Waals surface area (Å²) in [6, 6.07) is 0.0185. The van der Waals surface area contributed by atoms with Crippen LogP contribution in [0.25, 0.3) is 0 Å². The Hall–Kier alpha value is -1.26. The van der Waals surface area contributed by atoms with Crippen LogP contribution >= 0.6 is 0 Å². The number of nitrogens with zero attached hydrogens (tertiary/aromatic N) is 2. The highest BCUT2D eigenvalue weighted by atomic mass is 16.4. The van der Waals surface area contributed by atoms with Gasteiger partial charge in [-0.2, -0.15) is 0 Å². The third-order valence-corrected chi connectivity index (χ3v) is 4.56. The number of aliphatic carboxylic acids is 1. The van der Waals surface area contributed by atoms with Crippen molar-refractivity contribution < 1.29 is 14.7 Å². The molecule has 3 unspecified atom stereocenters. The lowest BCUT2D eigenvalue weighted by molar-refractivity contribution is -0.141. The summed E-state index contributed by atoms with van der Waals surface area (Å²) in [7, 11) is 0. The smallest absolute Gasteiger partial charge is 0.320 e. The van der Waals surface area contributed by atoms with Gasteiger partial charge in [-0.3, -0.25) is 4.79 Å². The van der Waals surface area contributed by atoms with Gasteiger partial charge < -0.3 is 14.9 Å². The zero-order chi connectivity index (χ0) is 14.0. The molecule has 2 fully saturated rings. The van der Waals surface area contributed by atoms with Gasteiger partial charge in [0.2, 0.25) is 0 Å². The molecule has 0 bridgehead atoms. The quantitative estimate of drug-likeness (QED) is 0.847. The van der Waals surface area contributed by atoms with E-state index >= 15 is 0 Å². The number of carboxylic acids is 1. The molecule has 108 valence electrons. The van der Waals surface area contributed by atoms with Crippen molar-refractivity contribution in [2.45, 2.75) is 33.1 Å². The second-order valence-electron chi connectivity index (χ2n) is 5.92. The summed E-state index contributed by atoms with van der Waals surface area (Å²) in [4.78, 5) is 26.9. The van der Waals surface area contributed by atoms with Crippen LogP contribution in [0.1, 0.15) is 33.1 Å². The van der Waals surface area contributed by atoms with Gasteiger partial charge in [0.25, 0.3) is 0 Å². The van der Waals surface area contributed by atoms with Gasteiger partial charge in [-0.1, -0.05) is 13.3 Å². The molecule has 2 aliphatic rings. The summed E-state index contributed by atoms with van der Waals surface area (Å²) < 4.78 is 0. The molecule has 1 aliphatic heterocycles. The topological polar surface area (TPSA) is 60.9 Å². The molecular weight excluding hydrogens is 244 g/mol. The molecule has 1 saturated heterocycles. The number of amides is 2. The Kier molecular flexibility index (Phi) is 4.32. The van der Waals surface area contributed by atoms with E-state index < -0.39 is 11.9 Å². The maximum atomic E-state index is 12.4. The molecular formula is C14H24N2O3. The fourth-order valence-electron chi connectivity index (χ4n) is 3.34. The second-order valence-corrected chi connectivity index (χ2v) is 5.92. The Labute approximate surface area is 114 Å². The predicted molar refractivity (Wildman–Crippen MR) is 71.8 cm³/mol. The van der Waals surface area contributed by atoms with E-state index in [4.69, 9.17) is 5.11 Å². The standard InChI is InChI=1S/C14H24N2O3/c1-3-15(7-10(2)13(17)18)14(19)16-8-11-5-4-6-12(11)9-16/h10-12H,3-9H2,1-2H3,(H,17,18). The van der Waals surface area contributed by atoms with Gasteiger partial charge in [-0.15, -0.1) is 0 Å². The Morgan fingerprint density at radius 3 is 2.37 bits per heavy atom. The summed E-state index contributed by atoms with van der Waals surface area (Å²) in [5.74, 6) is 0.00894. The Bertz CT molecular complexity index is 347. The van der Waals surface area contributed by atoms with Gasteiger partial charge in [-0.05, 0) is 31.6 Å². The van der Waals surface area contributed by atoms with Crippen LogP contribution in [0.15, 0.2) is 0 Å². The predicted octanol–water partition coefficient (Wildman–Crippen LogP) is 1.88. The first-order valence-corrected chi connectivity index (χ1v) is 7.29. The zero-order valence-electron chi connectivity index (χ0n) is 11.8. The molecule has 0 radical (unpaired) electrons. The number of hydrogen-bond acceptors (Lipinski definition) is 2. The van der Waals surface area contributed by atoms with Crippen molar-refractivity contribution in [3.8, 4) is 0 Å². The highest BCUT2D eigenvalue weighted by Crippen LogP contribution is 2.37. The van der Waals surface area contributed by atoms with Gasteiger partial charge in [0.05, 0.1) is 5.92 Å². The zero-order valence-corrected chi connectivity index (χ0v) is 11.8. The summed E-state index contributed by atoms with van der Waals surface area (Å²) in [5, 5.41) is 8.95. The average molecular weight is 268 g/mol. The molecule has 0 aromatic heterocycles. The van der Waals surface area contributed by atoms with Crippen LogP contribution in [0.5, 0.6) is 0 Å². The molecule has 3 atom stereocenters. The number of carboxylic acid groups (broad SMARTS) is 1. The molecule has 19 heavy (non-hydrogen) atoms. The number of likely N-dealkylation sites (tertiary alicyclic amines) is 1. The normalized spacial score (nSPS) is 27.2. The monoisotopic (exact) mass is 268 g/mol. The van der Waals surface area contributed by atoms with Gasteiger partial charge in [0.15, 0.2) is 0 Å². The van der Waals surface area contributed by atoms with Crippen LogP contribution in [-0.4, -0.2) is 53.1 Å². The number of carbonyl (C=O) groups excluding carboxylic acids is 1. The largest absolute Gasteiger partial charge is 0.481 e. The van der Waals surface area contributed by atoms with E-state index in [9.17, 15) is 9.59 Å². The maximum absolute atomic E-state index is 12.4. The lowest BCUT2D eigenvalue weighted by Gasteiger charge is -2.28. The van der Waals surface area contributed by atoms with Crippen molar-refractivity contribution in [1.82, 2.24) is 9.80 Å². The lowest BCUT2D eigenvalue weighted by atomic mass is 10.0. The summed E-state index contributed by atoms with van der Waals surface area (Å²) in [6.45, 7) is 6.15. The molecule has 1 N–H and O–H groups in total. The van der Waals surface area contributed by atoms with Crippen molar-refractivity contribution in [1.29, 1.82) is 0 Å². The molecule has 0 spiro atoms. The second kappa shape index (κ2) is 5.80. The Morgan fingerprint density at radius 1 is 1.32 bits per heavy atom. The highest BCUT2D eigenvalue weighted by Gasteiger charge is 2.39. The number of rotatable bonds is 4. The van der Waals surface area contributed by atoms with Crippen LogP contribution in [0.2, 0.25) is 0 Å². The first-order chi connectivity index (χ1) is 9.02. The van der Waals surface area contributed by atoms with Crippen LogP contribution in [0, 0.1) is 17.8 Å². The van der Waals surface area contributed by atoms with E-state index in [1.807, 2.05) is 11.8 Å². The molecule has 2 amide bonds. The summed E-state index contributed by atoms with van der Waals surface area (Å²) in [5.41, 5.74) is 0. The van der Waals surface area contributed by atoms with Crippen LogP contribution in [-0.2, 0) is 4.79 Å². The van der Waals surface area contributed by atoms with Gasteiger partial charge in [0, 0.05) is 26.2 Å². The molecule has 5 heteroatoms. The van der Waals surface area contributed by atoms with E-state index in [0.717, 1.165) is 13.1 Å². The minimum Gasteiger partial charge on any atom is -0.481 e. The van der Waals surface area contributed by atoms with Gasteiger partial charge >= 0.3 is 12.0 Å². The third kappa shape index (κ3) is 3.01. The van der Waals surface area contributed by atoms with E-state index in [-0.39, 0.29) is 6.03 Å². The number of carbonyl (C=O) groups is 2. The van der Waals surface area contributed by atoms with Crippen LogP contribution in [0.3, 0.4) is 0 Å². The number of fused-ring (bicyclic) bond motifs is 1.